The van der Waals surface area contributed by atoms with Crippen molar-refractivity contribution in [2.45, 2.75) is 19.9 Å². The molecule has 3 aromatic carbocycles. The Morgan fingerprint density at radius 2 is 1.71 bits per heavy atom. The predicted octanol–water partition coefficient (Wildman–Crippen LogP) is 5.70. The lowest BCUT2D eigenvalue weighted by Gasteiger charge is -2.15. The van der Waals surface area contributed by atoms with Crippen LogP contribution in [0.2, 0.25) is 0 Å². The van der Waals surface area contributed by atoms with E-state index in [9.17, 15) is 9.59 Å². The summed E-state index contributed by atoms with van der Waals surface area (Å²) in [6.07, 6.45) is 0. The zero-order valence-electron chi connectivity index (χ0n) is 18.7. The van der Waals surface area contributed by atoms with E-state index >= 15 is 0 Å². The number of aromatic nitrogens is 3. The topological polar surface area (TPSA) is 76.9 Å². The maximum Gasteiger partial charge on any atom is 0.267 e. The van der Waals surface area contributed by atoms with Crippen LogP contribution in [0.5, 0.6) is 0 Å². The molecule has 2 heterocycles. The van der Waals surface area contributed by atoms with Gasteiger partial charge in [-0.05, 0) is 61.9 Å². The highest BCUT2D eigenvalue weighted by Crippen LogP contribution is 2.31. The molecule has 0 saturated carbocycles. The maximum absolute atomic E-state index is 12.9. The van der Waals surface area contributed by atoms with Crippen molar-refractivity contribution in [1.29, 1.82) is 0 Å². The lowest BCUT2D eigenvalue weighted by molar-refractivity contribution is -0.119. The van der Waals surface area contributed by atoms with Crippen LogP contribution in [0.4, 0.5) is 5.69 Å². The number of rotatable bonds is 5. The first kappa shape index (κ1) is 21.7. The third-order valence-electron chi connectivity index (χ3n) is 5.58. The number of carbonyl (C=O) groups excluding carboxylic acids is 1. The Bertz CT molecular complexity index is 1540. The maximum atomic E-state index is 12.9. The minimum atomic E-state index is -0.775. The van der Waals surface area contributed by atoms with Gasteiger partial charge in [0, 0.05) is 22.9 Å². The summed E-state index contributed by atoms with van der Waals surface area (Å²) in [5, 5.41) is 8.24. The molecule has 0 bridgehead atoms. The smallest absolute Gasteiger partial charge is 0.267 e. The summed E-state index contributed by atoms with van der Waals surface area (Å²) >= 11 is 1.64. The molecular weight excluding hydrogens is 444 g/mol. The molecule has 6 nitrogen and oxygen atoms in total. The van der Waals surface area contributed by atoms with Crippen LogP contribution in [0.3, 0.4) is 0 Å². The third kappa shape index (κ3) is 4.38. The number of hydrogen-bond acceptors (Lipinski definition) is 5. The van der Waals surface area contributed by atoms with Crippen LogP contribution in [-0.2, 0) is 4.79 Å². The van der Waals surface area contributed by atoms with Crippen LogP contribution in [0.25, 0.3) is 32.0 Å². The molecule has 5 rings (SSSR count). The Morgan fingerprint density at radius 1 is 0.941 bits per heavy atom. The second kappa shape index (κ2) is 9.03. The molecule has 1 amide bonds. The van der Waals surface area contributed by atoms with Crippen LogP contribution >= 0.6 is 11.3 Å². The van der Waals surface area contributed by atoms with Crippen molar-refractivity contribution in [3.05, 3.63) is 101 Å². The molecule has 0 saturated heterocycles. The SMILES string of the molecule is Cc1ccc2nc(-c3ccc(NC(=O)C(C)n4nc(-c5ccccc5)ccc4=O)cc3)sc2c1. The lowest BCUT2D eigenvalue weighted by atomic mass is 10.1. The number of anilines is 1. The summed E-state index contributed by atoms with van der Waals surface area (Å²) in [4.78, 5) is 30.0. The van der Waals surface area contributed by atoms with Gasteiger partial charge in [0.25, 0.3) is 5.56 Å². The van der Waals surface area contributed by atoms with Gasteiger partial charge in [0.05, 0.1) is 15.9 Å². The minimum Gasteiger partial charge on any atom is -0.324 e. The monoisotopic (exact) mass is 466 g/mol. The van der Waals surface area contributed by atoms with Gasteiger partial charge in [-0.2, -0.15) is 5.10 Å². The molecule has 34 heavy (non-hydrogen) atoms. The Morgan fingerprint density at radius 3 is 2.47 bits per heavy atom. The molecule has 7 heteroatoms. The summed E-state index contributed by atoms with van der Waals surface area (Å²) in [5.74, 6) is -0.317. The molecule has 0 spiro atoms. The number of fused-ring (bicyclic) bond motifs is 1. The Kier molecular flexibility index (Phi) is 5.77. The van der Waals surface area contributed by atoms with E-state index in [0.717, 1.165) is 26.4 Å². The van der Waals surface area contributed by atoms with Gasteiger partial charge < -0.3 is 5.32 Å². The van der Waals surface area contributed by atoms with Crippen molar-refractivity contribution in [1.82, 2.24) is 14.8 Å². The van der Waals surface area contributed by atoms with Crippen molar-refractivity contribution in [2.24, 2.45) is 0 Å². The van der Waals surface area contributed by atoms with Crippen molar-refractivity contribution < 1.29 is 4.79 Å². The number of benzene rings is 3. The number of thiazole rings is 1. The lowest BCUT2D eigenvalue weighted by Crippen LogP contribution is -2.33. The van der Waals surface area contributed by atoms with Gasteiger partial charge in [0.15, 0.2) is 0 Å². The number of carbonyl (C=O) groups is 1. The van der Waals surface area contributed by atoms with Gasteiger partial charge >= 0.3 is 0 Å². The van der Waals surface area contributed by atoms with Crippen LogP contribution in [0.1, 0.15) is 18.5 Å². The second-order valence-electron chi connectivity index (χ2n) is 8.10. The first-order valence-electron chi connectivity index (χ1n) is 10.9. The number of hydrogen-bond donors (Lipinski definition) is 1. The Hall–Kier alpha value is -4.10. The highest BCUT2D eigenvalue weighted by molar-refractivity contribution is 7.21. The van der Waals surface area contributed by atoms with Crippen LogP contribution in [0, 0.1) is 6.92 Å². The van der Waals surface area contributed by atoms with E-state index in [4.69, 9.17) is 4.98 Å². The van der Waals surface area contributed by atoms with Crippen LogP contribution < -0.4 is 10.9 Å². The highest BCUT2D eigenvalue weighted by Gasteiger charge is 2.18. The molecule has 0 aliphatic rings. The van der Waals surface area contributed by atoms with E-state index in [1.807, 2.05) is 60.7 Å². The fraction of sp³-hybridized carbons (Fsp3) is 0.111. The number of amides is 1. The first-order valence-corrected chi connectivity index (χ1v) is 11.7. The molecule has 2 aromatic heterocycles. The summed E-state index contributed by atoms with van der Waals surface area (Å²) in [7, 11) is 0. The molecule has 0 radical (unpaired) electrons. The molecule has 1 unspecified atom stereocenters. The van der Waals surface area contributed by atoms with Gasteiger partial charge in [-0.15, -0.1) is 11.3 Å². The van der Waals surface area contributed by atoms with E-state index in [1.165, 1.54) is 16.3 Å². The number of nitrogens with zero attached hydrogens (tertiary/aromatic N) is 3. The third-order valence-corrected chi connectivity index (χ3v) is 6.65. The predicted molar refractivity (Wildman–Crippen MR) is 137 cm³/mol. The van der Waals surface area contributed by atoms with Crippen LogP contribution in [0.15, 0.2) is 89.7 Å². The summed E-state index contributed by atoms with van der Waals surface area (Å²) < 4.78 is 2.37. The first-order chi connectivity index (χ1) is 16.5. The molecule has 0 aliphatic carbocycles. The molecule has 1 N–H and O–H groups in total. The summed E-state index contributed by atoms with van der Waals surface area (Å²) in [6, 6.07) is 25.7. The standard InChI is InChI=1S/C27H22N4O2S/c1-17-8-13-23-24(16-17)34-27(29-23)20-9-11-21(12-10-20)28-26(33)18(2)31-25(32)15-14-22(30-31)19-6-4-3-5-7-19/h3-16,18H,1-2H3,(H,28,33). The van der Waals surface area contributed by atoms with Gasteiger partial charge in [0.1, 0.15) is 11.0 Å². The van der Waals surface area contributed by atoms with E-state index in [-0.39, 0.29) is 11.5 Å². The van der Waals surface area contributed by atoms with E-state index in [0.29, 0.717) is 11.4 Å². The summed E-state index contributed by atoms with van der Waals surface area (Å²) in [5.41, 5.74) is 5.00. The summed E-state index contributed by atoms with van der Waals surface area (Å²) in [6.45, 7) is 3.73. The average Bonchev–Trinajstić information content (AvgIpc) is 3.28. The van der Waals surface area contributed by atoms with Crippen molar-refractivity contribution >= 4 is 33.1 Å². The number of aryl methyl sites for hydroxylation is 1. The zero-order chi connectivity index (χ0) is 23.7. The Labute approximate surface area is 200 Å². The molecule has 168 valence electrons. The van der Waals surface area contributed by atoms with Crippen molar-refractivity contribution in [3.63, 3.8) is 0 Å². The largest absolute Gasteiger partial charge is 0.324 e. The van der Waals surface area contributed by atoms with E-state index < -0.39 is 6.04 Å². The molecular formula is C27H22N4O2S. The van der Waals surface area contributed by atoms with Gasteiger partial charge in [-0.25, -0.2) is 9.67 Å². The van der Waals surface area contributed by atoms with Gasteiger partial charge in [-0.1, -0.05) is 36.4 Å². The molecule has 5 aromatic rings. The fourth-order valence-electron chi connectivity index (χ4n) is 3.67. The highest BCUT2D eigenvalue weighted by atomic mass is 32.1. The molecule has 0 aliphatic heterocycles. The normalized spacial score (nSPS) is 11.9. The fourth-order valence-corrected chi connectivity index (χ4v) is 4.74. The van der Waals surface area contributed by atoms with E-state index in [2.05, 4.69) is 29.5 Å². The Balaban J connectivity index is 1.33. The van der Waals surface area contributed by atoms with Gasteiger partial charge in [0.2, 0.25) is 5.91 Å². The van der Waals surface area contributed by atoms with E-state index in [1.54, 1.807) is 24.3 Å². The molecule has 1 atom stereocenters. The van der Waals surface area contributed by atoms with Crippen molar-refractivity contribution in [2.75, 3.05) is 5.32 Å². The quantitative estimate of drug-likeness (QED) is 0.361. The number of nitrogens with one attached hydrogen (secondary N) is 1. The van der Waals surface area contributed by atoms with Crippen molar-refractivity contribution in [3.8, 4) is 21.8 Å². The average molecular weight is 467 g/mol. The second-order valence-corrected chi connectivity index (χ2v) is 9.13. The zero-order valence-corrected chi connectivity index (χ0v) is 19.5. The van der Waals surface area contributed by atoms with Crippen LogP contribution in [-0.4, -0.2) is 20.7 Å². The molecule has 0 fully saturated rings. The van der Waals surface area contributed by atoms with Gasteiger partial charge in [-0.3, -0.25) is 9.59 Å². The minimum absolute atomic E-state index is 0.317.